The third kappa shape index (κ3) is 2.18. The Labute approximate surface area is 107 Å². The van der Waals surface area contributed by atoms with Crippen LogP contribution in [-0.2, 0) is 6.18 Å². The van der Waals surface area contributed by atoms with Gasteiger partial charge in [0.2, 0.25) is 0 Å². The topological polar surface area (TPSA) is 42.2 Å². The highest BCUT2D eigenvalue weighted by Crippen LogP contribution is 2.37. The Morgan fingerprint density at radius 3 is 2.42 bits per heavy atom. The monoisotopic (exact) mass is 271 g/mol. The van der Waals surface area contributed by atoms with Gasteiger partial charge in [-0.2, -0.15) is 13.2 Å². The molecule has 0 spiro atoms. The minimum absolute atomic E-state index is 0.0811. The van der Waals surface area contributed by atoms with Crippen molar-refractivity contribution in [2.24, 2.45) is 0 Å². The number of hydrogen-bond donors (Lipinski definition) is 1. The second-order valence-electron chi connectivity index (χ2n) is 4.54. The third-order valence-electron chi connectivity index (χ3n) is 2.90. The first-order chi connectivity index (χ1) is 8.73. The normalized spacial score (nSPS) is 12.3. The minimum Gasteiger partial charge on any atom is -0.477 e. The molecule has 1 N–H and O–H groups in total. The number of carboxylic acids is 1. The van der Waals surface area contributed by atoms with Gasteiger partial charge in [-0.25, -0.2) is 4.79 Å². The lowest BCUT2D eigenvalue weighted by Crippen LogP contribution is -2.14. The smallest absolute Gasteiger partial charge is 0.418 e. The number of alkyl halides is 3. The van der Waals surface area contributed by atoms with Gasteiger partial charge in [0.05, 0.1) is 11.1 Å². The number of rotatable bonds is 2. The lowest BCUT2D eigenvalue weighted by molar-refractivity contribution is -0.136. The molecule has 0 aliphatic rings. The van der Waals surface area contributed by atoms with Crippen LogP contribution in [0, 0.1) is 0 Å². The van der Waals surface area contributed by atoms with Crippen molar-refractivity contribution in [3.05, 3.63) is 35.5 Å². The molecule has 19 heavy (non-hydrogen) atoms. The van der Waals surface area contributed by atoms with Gasteiger partial charge in [0.25, 0.3) is 0 Å². The standard InChI is InChI=1S/C13H12F3NO2/c1-7(2)17-10(12(18)19)6-8-4-3-5-9(11(8)17)13(14,15)16/h3-7H,1-2H3,(H,18,19). The number of carboxylic acid groups (broad SMARTS) is 1. The molecule has 3 nitrogen and oxygen atoms in total. The largest absolute Gasteiger partial charge is 0.477 e. The Bertz CT molecular complexity index is 641. The van der Waals surface area contributed by atoms with E-state index in [1.807, 2.05) is 0 Å². The summed E-state index contributed by atoms with van der Waals surface area (Å²) in [5, 5.41) is 9.39. The first-order valence-corrected chi connectivity index (χ1v) is 5.68. The maximum absolute atomic E-state index is 13.0. The number of para-hydroxylation sites is 1. The van der Waals surface area contributed by atoms with Crippen molar-refractivity contribution < 1.29 is 23.1 Å². The van der Waals surface area contributed by atoms with Gasteiger partial charge >= 0.3 is 12.1 Å². The summed E-state index contributed by atoms with van der Waals surface area (Å²) in [6, 6.07) is 4.61. The molecule has 0 aliphatic carbocycles. The second-order valence-corrected chi connectivity index (χ2v) is 4.54. The molecule has 0 amide bonds. The summed E-state index contributed by atoms with van der Waals surface area (Å²) < 4.78 is 40.2. The van der Waals surface area contributed by atoms with Crippen LogP contribution < -0.4 is 0 Å². The Hall–Kier alpha value is -1.98. The molecule has 2 aromatic rings. The van der Waals surface area contributed by atoms with Gasteiger partial charge in [0.15, 0.2) is 0 Å². The maximum atomic E-state index is 13.0. The average molecular weight is 271 g/mol. The number of nitrogens with zero attached hydrogens (tertiary/aromatic N) is 1. The van der Waals surface area contributed by atoms with E-state index in [2.05, 4.69) is 0 Å². The van der Waals surface area contributed by atoms with E-state index in [0.717, 1.165) is 6.07 Å². The van der Waals surface area contributed by atoms with E-state index >= 15 is 0 Å². The number of aromatic nitrogens is 1. The zero-order valence-corrected chi connectivity index (χ0v) is 10.3. The van der Waals surface area contributed by atoms with Crippen molar-refractivity contribution in [2.75, 3.05) is 0 Å². The highest BCUT2D eigenvalue weighted by Gasteiger charge is 2.35. The summed E-state index contributed by atoms with van der Waals surface area (Å²) in [4.78, 5) is 11.2. The molecule has 0 aliphatic heterocycles. The van der Waals surface area contributed by atoms with Crippen LogP contribution in [0.3, 0.4) is 0 Å². The highest BCUT2D eigenvalue weighted by molar-refractivity contribution is 5.96. The van der Waals surface area contributed by atoms with Crippen LogP contribution in [0.2, 0.25) is 0 Å². The summed E-state index contributed by atoms with van der Waals surface area (Å²) >= 11 is 0. The number of fused-ring (bicyclic) bond motifs is 1. The van der Waals surface area contributed by atoms with E-state index < -0.39 is 17.7 Å². The van der Waals surface area contributed by atoms with Crippen molar-refractivity contribution in [1.29, 1.82) is 0 Å². The summed E-state index contributed by atoms with van der Waals surface area (Å²) in [6.07, 6.45) is -4.51. The predicted molar refractivity (Wildman–Crippen MR) is 64.3 cm³/mol. The Morgan fingerprint density at radius 1 is 1.32 bits per heavy atom. The predicted octanol–water partition coefficient (Wildman–Crippen LogP) is 3.94. The minimum atomic E-state index is -4.51. The molecule has 2 rings (SSSR count). The van der Waals surface area contributed by atoms with Crippen LogP contribution in [-0.4, -0.2) is 15.6 Å². The molecule has 0 atom stereocenters. The Balaban J connectivity index is 2.92. The van der Waals surface area contributed by atoms with Crippen LogP contribution in [0.25, 0.3) is 10.9 Å². The number of halogens is 3. The lowest BCUT2D eigenvalue weighted by atomic mass is 10.1. The van der Waals surface area contributed by atoms with E-state index in [-0.39, 0.29) is 22.6 Å². The molecule has 0 bridgehead atoms. The summed E-state index contributed by atoms with van der Waals surface area (Å²) in [7, 11) is 0. The van der Waals surface area contributed by atoms with Gasteiger partial charge in [-0.3, -0.25) is 0 Å². The van der Waals surface area contributed by atoms with Crippen LogP contribution in [0.4, 0.5) is 13.2 Å². The quantitative estimate of drug-likeness (QED) is 0.898. The van der Waals surface area contributed by atoms with Crippen molar-refractivity contribution in [2.45, 2.75) is 26.1 Å². The molecule has 1 aromatic carbocycles. The molecule has 1 aromatic heterocycles. The summed E-state index contributed by atoms with van der Waals surface area (Å²) in [5.41, 5.74) is -1.03. The number of aromatic carboxylic acids is 1. The van der Waals surface area contributed by atoms with Gasteiger partial charge in [0, 0.05) is 11.4 Å². The fraction of sp³-hybridized carbons (Fsp3) is 0.308. The maximum Gasteiger partial charge on any atom is 0.418 e. The fourth-order valence-electron chi connectivity index (χ4n) is 2.21. The second kappa shape index (κ2) is 4.29. The van der Waals surface area contributed by atoms with E-state index in [0.29, 0.717) is 0 Å². The van der Waals surface area contributed by atoms with Crippen molar-refractivity contribution >= 4 is 16.9 Å². The van der Waals surface area contributed by atoms with Gasteiger partial charge in [-0.15, -0.1) is 0 Å². The first-order valence-electron chi connectivity index (χ1n) is 5.68. The van der Waals surface area contributed by atoms with Crippen LogP contribution in [0.15, 0.2) is 24.3 Å². The molecule has 0 saturated heterocycles. The summed E-state index contributed by atoms with van der Waals surface area (Å²) in [6.45, 7) is 3.30. The zero-order chi connectivity index (χ0) is 14.4. The fourth-order valence-corrected chi connectivity index (χ4v) is 2.21. The van der Waals surface area contributed by atoms with Crippen LogP contribution >= 0.6 is 0 Å². The highest BCUT2D eigenvalue weighted by atomic mass is 19.4. The molecule has 0 unspecified atom stereocenters. The van der Waals surface area contributed by atoms with Gasteiger partial charge in [-0.05, 0) is 26.0 Å². The van der Waals surface area contributed by atoms with Crippen LogP contribution in [0.5, 0.6) is 0 Å². The third-order valence-corrected chi connectivity index (χ3v) is 2.90. The van der Waals surface area contributed by atoms with Crippen molar-refractivity contribution in [1.82, 2.24) is 4.57 Å². The van der Waals surface area contributed by atoms with Gasteiger partial charge in [-0.1, -0.05) is 12.1 Å². The summed E-state index contributed by atoms with van der Waals surface area (Å²) in [5.74, 6) is -1.24. The molecular formula is C13H12F3NO2. The number of benzene rings is 1. The molecule has 6 heteroatoms. The molecule has 0 radical (unpaired) electrons. The van der Waals surface area contributed by atoms with Crippen molar-refractivity contribution in [3.63, 3.8) is 0 Å². The molecule has 0 saturated carbocycles. The molecular weight excluding hydrogens is 259 g/mol. The number of carbonyl (C=O) groups is 1. The lowest BCUT2D eigenvalue weighted by Gasteiger charge is -2.16. The van der Waals surface area contributed by atoms with E-state index in [4.69, 9.17) is 5.11 Å². The van der Waals surface area contributed by atoms with Gasteiger partial charge < -0.3 is 9.67 Å². The average Bonchev–Trinajstić information content (AvgIpc) is 2.66. The molecule has 0 fully saturated rings. The Morgan fingerprint density at radius 2 is 1.95 bits per heavy atom. The molecule has 102 valence electrons. The zero-order valence-electron chi connectivity index (χ0n) is 10.3. The van der Waals surface area contributed by atoms with E-state index in [9.17, 15) is 18.0 Å². The van der Waals surface area contributed by atoms with Crippen LogP contribution in [0.1, 0.15) is 35.9 Å². The Kier molecular flexibility index (Phi) is 3.04. The van der Waals surface area contributed by atoms with E-state index in [1.54, 1.807) is 13.8 Å². The SMILES string of the molecule is CC(C)n1c(C(=O)O)cc2cccc(C(F)(F)F)c21. The first kappa shape index (κ1) is 13.5. The number of hydrogen-bond acceptors (Lipinski definition) is 1. The van der Waals surface area contributed by atoms with E-state index in [1.165, 1.54) is 22.8 Å². The van der Waals surface area contributed by atoms with Crippen molar-refractivity contribution in [3.8, 4) is 0 Å². The molecule has 1 heterocycles. The van der Waals surface area contributed by atoms with Gasteiger partial charge in [0.1, 0.15) is 5.69 Å².